The standard InChI is InChI=1S/C19H18ClN3O2/c1-14(24)23(18-9-5-3-6-15(18)12-21)11-10-19(25)22-13-16-7-2-4-8-17(16)20/h2-9H,10-11,13H2,1H3,(H,22,25). The summed E-state index contributed by atoms with van der Waals surface area (Å²) in [6.07, 6.45) is 0.129. The fourth-order valence-corrected chi connectivity index (χ4v) is 2.59. The quantitative estimate of drug-likeness (QED) is 0.864. The zero-order chi connectivity index (χ0) is 18.2. The molecule has 0 fully saturated rings. The maximum Gasteiger partial charge on any atom is 0.223 e. The molecule has 0 bridgehead atoms. The molecule has 0 saturated heterocycles. The van der Waals surface area contributed by atoms with Crippen molar-refractivity contribution < 1.29 is 9.59 Å². The molecule has 0 radical (unpaired) electrons. The average Bonchev–Trinajstić information content (AvgIpc) is 2.61. The molecule has 0 spiro atoms. The van der Waals surface area contributed by atoms with E-state index in [0.29, 0.717) is 22.8 Å². The zero-order valence-corrected chi connectivity index (χ0v) is 14.6. The van der Waals surface area contributed by atoms with Crippen LogP contribution in [-0.2, 0) is 16.1 Å². The molecule has 2 amide bonds. The summed E-state index contributed by atoms with van der Waals surface area (Å²) in [5.41, 5.74) is 1.74. The molecule has 6 heteroatoms. The SMILES string of the molecule is CC(=O)N(CCC(=O)NCc1ccccc1Cl)c1ccccc1C#N. The van der Waals surface area contributed by atoms with Crippen LogP contribution in [0.4, 0.5) is 5.69 Å². The van der Waals surface area contributed by atoms with Crippen LogP contribution >= 0.6 is 11.6 Å². The largest absolute Gasteiger partial charge is 0.352 e. The minimum absolute atomic E-state index is 0.129. The first-order valence-corrected chi connectivity index (χ1v) is 8.18. The van der Waals surface area contributed by atoms with Crippen molar-refractivity contribution in [1.82, 2.24) is 5.32 Å². The first-order valence-electron chi connectivity index (χ1n) is 7.80. The molecule has 0 aliphatic rings. The Morgan fingerprint density at radius 1 is 1.16 bits per heavy atom. The molecule has 2 aromatic rings. The molecule has 0 aromatic heterocycles. The van der Waals surface area contributed by atoms with Crippen molar-refractivity contribution in [3.63, 3.8) is 0 Å². The Morgan fingerprint density at radius 2 is 1.84 bits per heavy atom. The molecule has 0 unspecified atom stereocenters. The fourth-order valence-electron chi connectivity index (χ4n) is 2.39. The van der Waals surface area contributed by atoms with E-state index in [0.717, 1.165) is 5.56 Å². The summed E-state index contributed by atoms with van der Waals surface area (Å²) in [5.74, 6) is -0.415. The highest BCUT2D eigenvalue weighted by atomic mass is 35.5. The number of nitrogens with zero attached hydrogens (tertiary/aromatic N) is 2. The van der Waals surface area contributed by atoms with Crippen LogP contribution in [0.5, 0.6) is 0 Å². The third-order valence-electron chi connectivity index (χ3n) is 3.69. The van der Waals surface area contributed by atoms with Crippen LogP contribution in [0.25, 0.3) is 0 Å². The Hall–Kier alpha value is -2.84. The van der Waals surface area contributed by atoms with E-state index in [4.69, 9.17) is 11.6 Å². The Kier molecular flexibility index (Phi) is 6.55. The maximum absolute atomic E-state index is 12.1. The number of rotatable bonds is 6. The van der Waals surface area contributed by atoms with Crippen LogP contribution in [0, 0.1) is 11.3 Å². The summed E-state index contributed by atoms with van der Waals surface area (Å²) < 4.78 is 0. The lowest BCUT2D eigenvalue weighted by Crippen LogP contribution is -2.34. The molecule has 0 aliphatic heterocycles. The monoisotopic (exact) mass is 355 g/mol. The van der Waals surface area contributed by atoms with Gasteiger partial charge in [-0.25, -0.2) is 0 Å². The van der Waals surface area contributed by atoms with Gasteiger partial charge in [0.15, 0.2) is 0 Å². The Labute approximate surface area is 151 Å². The smallest absolute Gasteiger partial charge is 0.223 e. The van der Waals surface area contributed by atoms with E-state index in [2.05, 4.69) is 11.4 Å². The number of benzene rings is 2. The van der Waals surface area contributed by atoms with Gasteiger partial charge in [0.25, 0.3) is 0 Å². The number of carbonyl (C=O) groups is 2. The first kappa shape index (κ1) is 18.5. The summed E-state index contributed by atoms with van der Waals surface area (Å²) in [4.78, 5) is 25.4. The second-order valence-electron chi connectivity index (χ2n) is 5.42. The minimum atomic E-state index is -0.221. The summed E-state index contributed by atoms with van der Waals surface area (Å²) >= 11 is 6.06. The lowest BCUT2D eigenvalue weighted by atomic mass is 10.1. The number of nitrogens with one attached hydrogen (secondary N) is 1. The van der Waals surface area contributed by atoms with Gasteiger partial charge >= 0.3 is 0 Å². The van der Waals surface area contributed by atoms with E-state index in [1.807, 2.05) is 18.2 Å². The van der Waals surface area contributed by atoms with Crippen molar-refractivity contribution in [3.05, 3.63) is 64.7 Å². The van der Waals surface area contributed by atoms with Crippen LogP contribution in [0.2, 0.25) is 5.02 Å². The van der Waals surface area contributed by atoms with Crippen LogP contribution in [0.1, 0.15) is 24.5 Å². The van der Waals surface area contributed by atoms with E-state index in [9.17, 15) is 14.9 Å². The van der Waals surface area contributed by atoms with Crippen LogP contribution in [-0.4, -0.2) is 18.4 Å². The third kappa shape index (κ3) is 5.07. The van der Waals surface area contributed by atoms with Gasteiger partial charge in [0.1, 0.15) is 6.07 Å². The molecule has 2 rings (SSSR count). The highest BCUT2D eigenvalue weighted by Gasteiger charge is 2.16. The van der Waals surface area contributed by atoms with Gasteiger partial charge in [-0.2, -0.15) is 5.26 Å². The molecule has 25 heavy (non-hydrogen) atoms. The summed E-state index contributed by atoms with van der Waals surface area (Å²) in [6.45, 7) is 1.94. The summed E-state index contributed by atoms with van der Waals surface area (Å²) in [5, 5.41) is 12.6. The number of amides is 2. The Balaban J connectivity index is 1.97. The highest BCUT2D eigenvalue weighted by molar-refractivity contribution is 6.31. The molecule has 0 saturated carbocycles. The van der Waals surface area contributed by atoms with Gasteiger partial charge in [-0.15, -0.1) is 0 Å². The van der Waals surface area contributed by atoms with Crippen molar-refractivity contribution in [1.29, 1.82) is 5.26 Å². The van der Waals surface area contributed by atoms with Gasteiger partial charge < -0.3 is 10.2 Å². The van der Waals surface area contributed by atoms with E-state index >= 15 is 0 Å². The van der Waals surface area contributed by atoms with Crippen LogP contribution in [0.3, 0.4) is 0 Å². The zero-order valence-electron chi connectivity index (χ0n) is 13.8. The van der Waals surface area contributed by atoms with Gasteiger partial charge in [0.2, 0.25) is 11.8 Å². The number of para-hydroxylation sites is 1. The molecule has 5 nitrogen and oxygen atoms in total. The highest BCUT2D eigenvalue weighted by Crippen LogP contribution is 2.20. The molecule has 0 aliphatic carbocycles. The van der Waals surface area contributed by atoms with Gasteiger partial charge in [0, 0.05) is 31.5 Å². The average molecular weight is 356 g/mol. The minimum Gasteiger partial charge on any atom is -0.352 e. The van der Waals surface area contributed by atoms with Crippen molar-refractivity contribution in [2.45, 2.75) is 19.9 Å². The Morgan fingerprint density at radius 3 is 2.52 bits per heavy atom. The van der Waals surface area contributed by atoms with Crippen molar-refractivity contribution in [2.24, 2.45) is 0 Å². The van der Waals surface area contributed by atoms with Gasteiger partial charge in [0.05, 0.1) is 11.3 Å². The lowest BCUT2D eigenvalue weighted by Gasteiger charge is -2.22. The lowest BCUT2D eigenvalue weighted by molar-refractivity contribution is -0.121. The predicted molar refractivity (Wildman–Crippen MR) is 97.1 cm³/mol. The number of hydrogen-bond donors (Lipinski definition) is 1. The maximum atomic E-state index is 12.1. The van der Waals surface area contributed by atoms with Gasteiger partial charge in [-0.3, -0.25) is 9.59 Å². The normalized spacial score (nSPS) is 9.96. The topological polar surface area (TPSA) is 73.2 Å². The number of carbonyl (C=O) groups excluding carboxylic acids is 2. The van der Waals surface area contributed by atoms with Crippen molar-refractivity contribution in [2.75, 3.05) is 11.4 Å². The predicted octanol–water partition coefficient (Wildman–Crippen LogP) is 3.27. The molecule has 0 atom stereocenters. The molecule has 1 N–H and O–H groups in total. The van der Waals surface area contributed by atoms with E-state index < -0.39 is 0 Å². The van der Waals surface area contributed by atoms with E-state index in [-0.39, 0.29) is 24.8 Å². The molecular weight excluding hydrogens is 338 g/mol. The van der Waals surface area contributed by atoms with E-state index in [1.54, 1.807) is 30.3 Å². The fraction of sp³-hybridized carbons (Fsp3) is 0.211. The van der Waals surface area contributed by atoms with Crippen LogP contribution in [0.15, 0.2) is 48.5 Å². The number of nitriles is 1. The van der Waals surface area contributed by atoms with Crippen molar-refractivity contribution in [3.8, 4) is 6.07 Å². The molecule has 128 valence electrons. The first-order chi connectivity index (χ1) is 12.0. The van der Waals surface area contributed by atoms with E-state index in [1.165, 1.54) is 11.8 Å². The third-order valence-corrected chi connectivity index (χ3v) is 4.06. The second kappa shape index (κ2) is 8.86. The number of hydrogen-bond acceptors (Lipinski definition) is 3. The van der Waals surface area contributed by atoms with Gasteiger partial charge in [-0.05, 0) is 23.8 Å². The Bertz CT molecular complexity index is 814. The summed E-state index contributed by atoms with van der Waals surface area (Å²) in [7, 11) is 0. The molecular formula is C19H18ClN3O2. The van der Waals surface area contributed by atoms with Crippen molar-refractivity contribution >= 4 is 29.1 Å². The second-order valence-corrected chi connectivity index (χ2v) is 5.82. The molecule has 0 heterocycles. The molecule has 2 aromatic carbocycles. The number of halogens is 1. The number of anilines is 1. The van der Waals surface area contributed by atoms with Gasteiger partial charge in [-0.1, -0.05) is 41.9 Å². The summed E-state index contributed by atoms with van der Waals surface area (Å²) in [6, 6.07) is 16.2. The van der Waals surface area contributed by atoms with Crippen LogP contribution < -0.4 is 10.2 Å².